The van der Waals surface area contributed by atoms with Crippen molar-refractivity contribution in [3.05, 3.63) is 77.9 Å². The third-order valence-electron chi connectivity index (χ3n) is 3.35. The second kappa shape index (κ2) is 6.45. The van der Waals surface area contributed by atoms with Gasteiger partial charge in [0.05, 0.1) is 0 Å². The Morgan fingerprint density at radius 2 is 1.88 bits per heavy atom. The van der Waals surface area contributed by atoms with E-state index in [2.05, 4.69) is 5.10 Å². The number of benzene rings is 2. The number of esters is 1. The van der Waals surface area contributed by atoms with Gasteiger partial charge in [-0.05, 0) is 37.3 Å². The standard InChI is InChI=1S/C18H13FN2O3/c1-12(22)13-5-4-6-14(11-13)24-18(23)16-9-10-21(20-16)17-8-3-2-7-15(17)19/h2-11H,1H3. The first-order chi connectivity index (χ1) is 11.5. The highest BCUT2D eigenvalue weighted by atomic mass is 19.1. The Labute approximate surface area is 137 Å². The maximum Gasteiger partial charge on any atom is 0.364 e. The summed E-state index contributed by atoms with van der Waals surface area (Å²) in [7, 11) is 0. The van der Waals surface area contributed by atoms with Gasteiger partial charge < -0.3 is 4.74 Å². The second-order valence-electron chi connectivity index (χ2n) is 5.07. The van der Waals surface area contributed by atoms with Gasteiger partial charge in [-0.2, -0.15) is 5.10 Å². The monoisotopic (exact) mass is 324 g/mol. The number of carbonyl (C=O) groups is 2. The second-order valence-corrected chi connectivity index (χ2v) is 5.07. The highest BCUT2D eigenvalue weighted by Gasteiger charge is 2.14. The molecule has 6 heteroatoms. The predicted molar refractivity (Wildman–Crippen MR) is 84.9 cm³/mol. The number of rotatable bonds is 4. The van der Waals surface area contributed by atoms with Gasteiger partial charge in [-0.15, -0.1) is 0 Å². The fraction of sp³-hybridized carbons (Fsp3) is 0.0556. The first kappa shape index (κ1) is 15.6. The van der Waals surface area contributed by atoms with Crippen LogP contribution in [0.25, 0.3) is 5.69 Å². The van der Waals surface area contributed by atoms with E-state index in [4.69, 9.17) is 4.74 Å². The molecule has 0 aliphatic rings. The van der Waals surface area contributed by atoms with E-state index < -0.39 is 11.8 Å². The highest BCUT2D eigenvalue weighted by molar-refractivity contribution is 5.95. The van der Waals surface area contributed by atoms with Crippen molar-refractivity contribution in [2.75, 3.05) is 0 Å². The van der Waals surface area contributed by atoms with Crippen molar-refractivity contribution in [1.82, 2.24) is 9.78 Å². The molecule has 0 aliphatic carbocycles. The van der Waals surface area contributed by atoms with Crippen LogP contribution in [0, 0.1) is 5.82 Å². The van der Waals surface area contributed by atoms with Gasteiger partial charge in [0.1, 0.15) is 17.3 Å². The Hall–Kier alpha value is -3.28. The molecule has 1 heterocycles. The maximum atomic E-state index is 13.7. The van der Waals surface area contributed by atoms with Crippen LogP contribution in [0.1, 0.15) is 27.8 Å². The molecule has 0 radical (unpaired) electrons. The minimum Gasteiger partial charge on any atom is -0.422 e. The zero-order valence-electron chi connectivity index (χ0n) is 12.8. The third kappa shape index (κ3) is 3.22. The molecular weight excluding hydrogens is 311 g/mol. The molecule has 0 saturated carbocycles. The molecule has 1 aromatic heterocycles. The summed E-state index contributed by atoms with van der Waals surface area (Å²) >= 11 is 0. The molecule has 0 unspecified atom stereocenters. The molecule has 0 bridgehead atoms. The Balaban J connectivity index is 1.81. The average molecular weight is 324 g/mol. The number of para-hydroxylation sites is 1. The van der Waals surface area contributed by atoms with Gasteiger partial charge >= 0.3 is 5.97 Å². The summed E-state index contributed by atoms with van der Waals surface area (Å²) in [5, 5.41) is 4.03. The number of nitrogens with zero attached hydrogens (tertiary/aromatic N) is 2. The molecule has 0 atom stereocenters. The highest BCUT2D eigenvalue weighted by Crippen LogP contribution is 2.16. The van der Waals surface area contributed by atoms with E-state index in [0.29, 0.717) is 5.56 Å². The Bertz CT molecular complexity index is 918. The summed E-state index contributed by atoms with van der Waals surface area (Å²) < 4.78 is 20.2. The van der Waals surface area contributed by atoms with E-state index in [1.807, 2.05) is 0 Å². The van der Waals surface area contributed by atoms with Crippen molar-refractivity contribution in [3.8, 4) is 11.4 Å². The molecule has 0 N–H and O–H groups in total. The minimum atomic E-state index is -0.689. The molecule has 24 heavy (non-hydrogen) atoms. The van der Waals surface area contributed by atoms with Crippen molar-refractivity contribution >= 4 is 11.8 Å². The molecule has 3 rings (SSSR count). The third-order valence-corrected chi connectivity index (χ3v) is 3.35. The number of carbonyl (C=O) groups excluding carboxylic acids is 2. The van der Waals surface area contributed by atoms with Gasteiger partial charge in [-0.3, -0.25) is 4.79 Å². The van der Waals surface area contributed by atoms with E-state index >= 15 is 0 Å². The molecule has 0 aliphatic heterocycles. The minimum absolute atomic E-state index is 0.0338. The van der Waals surface area contributed by atoms with E-state index in [1.54, 1.807) is 36.4 Å². The number of halogens is 1. The van der Waals surface area contributed by atoms with Crippen LogP contribution < -0.4 is 4.74 Å². The van der Waals surface area contributed by atoms with Gasteiger partial charge in [0.2, 0.25) is 0 Å². The van der Waals surface area contributed by atoms with Crippen LogP contribution in [0.4, 0.5) is 4.39 Å². The molecule has 0 amide bonds. The lowest BCUT2D eigenvalue weighted by Gasteiger charge is -2.04. The Morgan fingerprint density at radius 1 is 1.08 bits per heavy atom. The van der Waals surface area contributed by atoms with Crippen LogP contribution in [0.5, 0.6) is 5.75 Å². The van der Waals surface area contributed by atoms with Crippen molar-refractivity contribution in [2.45, 2.75) is 6.92 Å². The van der Waals surface area contributed by atoms with Crippen molar-refractivity contribution in [3.63, 3.8) is 0 Å². The molecule has 120 valence electrons. The van der Waals surface area contributed by atoms with E-state index in [9.17, 15) is 14.0 Å². The number of hydrogen-bond donors (Lipinski definition) is 0. The number of aromatic nitrogens is 2. The number of ether oxygens (including phenoxy) is 1. The van der Waals surface area contributed by atoms with E-state index in [0.717, 1.165) is 0 Å². The largest absolute Gasteiger partial charge is 0.422 e. The van der Waals surface area contributed by atoms with Gasteiger partial charge in [0.25, 0.3) is 0 Å². The van der Waals surface area contributed by atoms with Crippen molar-refractivity contribution in [2.24, 2.45) is 0 Å². The number of ketones is 1. The lowest BCUT2D eigenvalue weighted by Crippen LogP contribution is -2.10. The first-order valence-electron chi connectivity index (χ1n) is 7.18. The van der Waals surface area contributed by atoms with E-state index in [1.165, 1.54) is 36.0 Å². The van der Waals surface area contributed by atoms with Crippen LogP contribution in [0.2, 0.25) is 0 Å². The summed E-state index contributed by atoms with van der Waals surface area (Å²) in [6.07, 6.45) is 1.47. The molecule has 0 saturated heterocycles. The van der Waals surface area contributed by atoms with Crippen LogP contribution in [-0.4, -0.2) is 21.5 Å². The summed E-state index contributed by atoms with van der Waals surface area (Å²) in [4.78, 5) is 23.5. The van der Waals surface area contributed by atoms with Crippen molar-refractivity contribution in [1.29, 1.82) is 0 Å². The Morgan fingerprint density at radius 3 is 2.62 bits per heavy atom. The fourth-order valence-corrected chi connectivity index (χ4v) is 2.14. The summed E-state index contributed by atoms with van der Waals surface area (Å²) in [6.45, 7) is 1.43. The SMILES string of the molecule is CC(=O)c1cccc(OC(=O)c2ccn(-c3ccccc3F)n2)c1. The quantitative estimate of drug-likeness (QED) is 0.419. The summed E-state index contributed by atoms with van der Waals surface area (Å²) in [5.41, 5.74) is 0.707. The van der Waals surface area contributed by atoms with Crippen molar-refractivity contribution < 1.29 is 18.7 Å². The van der Waals surface area contributed by atoms with Gasteiger partial charge in [0, 0.05) is 11.8 Å². The lowest BCUT2D eigenvalue weighted by molar-refractivity contribution is 0.0727. The molecule has 0 spiro atoms. The normalized spacial score (nSPS) is 10.4. The topological polar surface area (TPSA) is 61.2 Å². The molecule has 2 aromatic carbocycles. The summed E-state index contributed by atoms with van der Waals surface area (Å²) in [6, 6.07) is 13.8. The molecule has 5 nitrogen and oxygen atoms in total. The number of hydrogen-bond acceptors (Lipinski definition) is 4. The molecule has 3 aromatic rings. The fourth-order valence-electron chi connectivity index (χ4n) is 2.14. The van der Waals surface area contributed by atoms with Crippen LogP contribution in [-0.2, 0) is 0 Å². The smallest absolute Gasteiger partial charge is 0.364 e. The van der Waals surface area contributed by atoms with E-state index in [-0.39, 0.29) is 22.9 Å². The zero-order valence-corrected chi connectivity index (χ0v) is 12.8. The Kier molecular flexibility index (Phi) is 4.20. The predicted octanol–water partition coefficient (Wildman–Crippen LogP) is 3.43. The van der Waals surface area contributed by atoms with Crippen LogP contribution in [0.15, 0.2) is 60.8 Å². The molecule has 0 fully saturated rings. The maximum absolute atomic E-state index is 13.7. The van der Waals surface area contributed by atoms with Crippen LogP contribution in [0.3, 0.4) is 0 Å². The van der Waals surface area contributed by atoms with Gasteiger partial charge in [-0.25, -0.2) is 13.9 Å². The van der Waals surface area contributed by atoms with Crippen LogP contribution >= 0.6 is 0 Å². The average Bonchev–Trinajstić information content (AvgIpc) is 3.05. The van der Waals surface area contributed by atoms with Gasteiger partial charge in [-0.1, -0.05) is 24.3 Å². The summed E-state index contributed by atoms with van der Waals surface area (Å²) in [5.74, 6) is -1.02. The number of Topliss-reactive ketones (excluding diaryl/α,β-unsaturated/α-hetero) is 1. The zero-order chi connectivity index (χ0) is 17.1. The van der Waals surface area contributed by atoms with Gasteiger partial charge in [0.15, 0.2) is 11.5 Å². The lowest BCUT2D eigenvalue weighted by atomic mass is 10.1. The first-order valence-corrected chi connectivity index (χ1v) is 7.18. The molecular formula is C18H13FN2O3.